The Kier molecular flexibility index (Phi) is 9.33. The van der Waals surface area contributed by atoms with Crippen molar-refractivity contribution < 1.29 is 22.8 Å². The molecule has 2 fully saturated rings. The van der Waals surface area contributed by atoms with Crippen LogP contribution in [0, 0.1) is 16.7 Å². The van der Waals surface area contributed by atoms with Gasteiger partial charge in [-0.25, -0.2) is 0 Å². The fourth-order valence-electron chi connectivity index (χ4n) is 5.10. The average molecular weight is 566 g/mol. The van der Waals surface area contributed by atoms with Crippen LogP contribution in [0.2, 0.25) is 0 Å². The Morgan fingerprint density at radius 3 is 2.33 bits per heavy atom. The van der Waals surface area contributed by atoms with Crippen LogP contribution in [-0.4, -0.2) is 76.4 Å². The monoisotopic (exact) mass is 565 g/mol. The molecule has 0 atom stereocenters. The number of halogens is 3. The quantitative estimate of drug-likeness (QED) is 0.341. The molecule has 0 aromatic heterocycles. The fourth-order valence-corrected chi connectivity index (χ4v) is 5.60. The molecular weight excluding hydrogens is 527 g/mol. The summed E-state index contributed by atoms with van der Waals surface area (Å²) in [6, 6.07) is 4.78. The lowest BCUT2D eigenvalue weighted by Gasteiger charge is -2.29. The number of hydrogen-bond donors (Lipinski definition) is 0. The minimum atomic E-state index is -4.73. The van der Waals surface area contributed by atoms with Gasteiger partial charge in [-0.05, 0) is 76.6 Å². The van der Waals surface area contributed by atoms with Crippen LogP contribution in [0.5, 0.6) is 0 Å². The Balaban J connectivity index is 1.56. The highest BCUT2D eigenvalue weighted by Crippen LogP contribution is 2.38. The van der Waals surface area contributed by atoms with E-state index in [9.17, 15) is 22.8 Å². The van der Waals surface area contributed by atoms with E-state index in [1.807, 2.05) is 25.7 Å². The van der Waals surface area contributed by atoms with Crippen molar-refractivity contribution >= 4 is 34.8 Å². The number of carbonyl (C=O) groups is 2. The first-order valence-corrected chi connectivity index (χ1v) is 13.8. The number of carbonyl (C=O) groups excluding carboxylic acids is 2. The second-order valence-electron chi connectivity index (χ2n) is 11.8. The largest absolute Gasteiger partial charge is 0.417 e. The highest BCUT2D eigenvalue weighted by Gasteiger charge is 2.49. The maximum atomic E-state index is 13.5. The van der Waals surface area contributed by atoms with Crippen LogP contribution in [-0.2, 0) is 15.8 Å². The summed E-state index contributed by atoms with van der Waals surface area (Å²) in [5, 5.41) is 9.25. The van der Waals surface area contributed by atoms with Gasteiger partial charge in [0.2, 0.25) is 5.91 Å². The highest BCUT2D eigenvalue weighted by atomic mass is 32.1. The molecule has 0 N–H and O–H groups in total. The third-order valence-electron chi connectivity index (χ3n) is 7.38. The summed E-state index contributed by atoms with van der Waals surface area (Å²) in [6.07, 6.45) is -1.15. The van der Waals surface area contributed by atoms with E-state index in [0.29, 0.717) is 6.54 Å². The predicted octanol–water partition coefficient (Wildman–Crippen LogP) is 5.04. The molecule has 0 radical (unpaired) electrons. The van der Waals surface area contributed by atoms with Crippen molar-refractivity contribution in [2.24, 2.45) is 5.41 Å². The Bertz CT molecular complexity index is 1140. The Labute approximate surface area is 234 Å². The van der Waals surface area contributed by atoms with E-state index in [1.54, 1.807) is 24.8 Å². The molecule has 0 spiro atoms. The smallest absolute Gasteiger partial charge is 0.341 e. The van der Waals surface area contributed by atoms with Crippen molar-refractivity contribution in [3.05, 3.63) is 29.3 Å². The van der Waals surface area contributed by atoms with Crippen LogP contribution >= 0.6 is 12.2 Å². The molecular formula is C28H38F3N5O2S. The number of hydrogen-bond acceptors (Lipinski definition) is 5. The van der Waals surface area contributed by atoms with E-state index in [1.165, 1.54) is 6.07 Å². The molecule has 3 rings (SSSR count). The maximum absolute atomic E-state index is 13.5. The minimum Gasteiger partial charge on any atom is -0.341 e. The maximum Gasteiger partial charge on any atom is 0.417 e. The zero-order chi connectivity index (χ0) is 29.2. The number of rotatable bonds is 7. The summed E-state index contributed by atoms with van der Waals surface area (Å²) >= 11 is 5.57. The Morgan fingerprint density at radius 2 is 1.72 bits per heavy atom. The minimum absolute atomic E-state index is 0.00653. The SMILES string of the molecule is CC(C)(C)C(=O)N1CCCN(CCCCCN2C(=S)N(c3ccc(C#N)c(C(F)(F)F)c3)C(=O)C2(C)C)CC1. The first-order chi connectivity index (χ1) is 18.1. The topological polar surface area (TPSA) is 70.9 Å². The van der Waals surface area contributed by atoms with E-state index >= 15 is 0 Å². The van der Waals surface area contributed by atoms with Crippen molar-refractivity contribution in [3.63, 3.8) is 0 Å². The highest BCUT2D eigenvalue weighted by molar-refractivity contribution is 7.80. The molecule has 214 valence electrons. The van der Waals surface area contributed by atoms with Gasteiger partial charge < -0.3 is 14.7 Å². The molecule has 2 heterocycles. The van der Waals surface area contributed by atoms with Gasteiger partial charge in [0.15, 0.2) is 5.11 Å². The number of alkyl halides is 3. The second-order valence-corrected chi connectivity index (χ2v) is 12.1. The van der Waals surface area contributed by atoms with E-state index < -0.39 is 28.7 Å². The van der Waals surface area contributed by atoms with Crippen LogP contribution in [0.3, 0.4) is 0 Å². The van der Waals surface area contributed by atoms with Gasteiger partial charge >= 0.3 is 6.18 Å². The molecule has 1 aromatic carbocycles. The standard InChI is InChI=1S/C28H38F3N5O2S/c1-26(2,3)23(37)34-14-9-13-33(16-17-34)12-7-6-8-15-35-25(39)36(24(38)27(35,4)5)21-11-10-20(19-32)22(18-21)28(29,30)31/h10-11,18H,6-9,12-17H2,1-5H3. The number of nitrogens with zero attached hydrogens (tertiary/aromatic N) is 5. The fraction of sp³-hybridized carbons (Fsp3) is 0.643. The normalized spacial score (nSPS) is 18.9. The molecule has 0 saturated carbocycles. The van der Waals surface area contributed by atoms with E-state index in [-0.39, 0.29) is 22.1 Å². The zero-order valence-corrected chi connectivity index (χ0v) is 24.2. The number of benzene rings is 1. The van der Waals surface area contributed by atoms with Crippen molar-refractivity contribution in [1.29, 1.82) is 5.26 Å². The molecule has 2 amide bonds. The molecule has 2 aliphatic rings. The molecule has 0 bridgehead atoms. The number of nitriles is 1. The van der Waals surface area contributed by atoms with Gasteiger partial charge in [-0.1, -0.05) is 27.2 Å². The average Bonchev–Trinajstić information content (AvgIpc) is 3.01. The van der Waals surface area contributed by atoms with Crippen LogP contribution in [0.15, 0.2) is 18.2 Å². The molecule has 7 nitrogen and oxygen atoms in total. The molecule has 2 saturated heterocycles. The van der Waals surface area contributed by atoms with Crippen LogP contribution in [0.1, 0.15) is 71.4 Å². The third kappa shape index (κ3) is 6.90. The van der Waals surface area contributed by atoms with Gasteiger partial charge in [-0.3, -0.25) is 14.5 Å². The number of amides is 2. The van der Waals surface area contributed by atoms with Crippen LogP contribution in [0.25, 0.3) is 0 Å². The molecule has 39 heavy (non-hydrogen) atoms. The molecule has 2 aliphatic heterocycles. The van der Waals surface area contributed by atoms with E-state index in [0.717, 1.165) is 75.4 Å². The third-order valence-corrected chi connectivity index (χ3v) is 7.79. The zero-order valence-electron chi connectivity index (χ0n) is 23.4. The van der Waals surface area contributed by atoms with Gasteiger partial charge in [0, 0.05) is 31.6 Å². The lowest BCUT2D eigenvalue weighted by Crippen LogP contribution is -2.44. The summed E-state index contributed by atoms with van der Waals surface area (Å²) in [4.78, 5) is 33.1. The van der Waals surface area contributed by atoms with Crippen molar-refractivity contribution in [2.45, 2.75) is 72.0 Å². The summed E-state index contributed by atoms with van der Waals surface area (Å²) < 4.78 is 40.5. The number of anilines is 1. The van der Waals surface area contributed by atoms with Crippen LogP contribution in [0.4, 0.5) is 18.9 Å². The number of thiocarbonyl (C=S) groups is 1. The van der Waals surface area contributed by atoms with Gasteiger partial charge in [0.05, 0.1) is 22.9 Å². The molecule has 1 aromatic rings. The van der Waals surface area contributed by atoms with Gasteiger partial charge in [0.25, 0.3) is 5.91 Å². The lowest BCUT2D eigenvalue weighted by molar-refractivity contribution is -0.139. The molecule has 11 heteroatoms. The van der Waals surface area contributed by atoms with Crippen molar-refractivity contribution in [1.82, 2.24) is 14.7 Å². The van der Waals surface area contributed by atoms with E-state index in [4.69, 9.17) is 17.5 Å². The first-order valence-electron chi connectivity index (χ1n) is 13.4. The summed E-state index contributed by atoms with van der Waals surface area (Å²) in [6.45, 7) is 14.0. The summed E-state index contributed by atoms with van der Waals surface area (Å²) in [5.74, 6) is -0.211. The lowest BCUT2D eigenvalue weighted by atomic mass is 9.94. The van der Waals surface area contributed by atoms with Crippen molar-refractivity contribution in [2.75, 3.05) is 44.2 Å². The van der Waals surface area contributed by atoms with Gasteiger partial charge in [-0.2, -0.15) is 18.4 Å². The molecule has 0 aliphatic carbocycles. The first kappa shape index (κ1) is 30.8. The van der Waals surface area contributed by atoms with Gasteiger partial charge in [0.1, 0.15) is 5.54 Å². The number of unbranched alkanes of at least 4 members (excludes halogenated alkanes) is 2. The predicted molar refractivity (Wildman–Crippen MR) is 148 cm³/mol. The van der Waals surface area contributed by atoms with E-state index in [2.05, 4.69) is 4.90 Å². The van der Waals surface area contributed by atoms with Crippen molar-refractivity contribution in [3.8, 4) is 6.07 Å². The molecule has 0 unspecified atom stereocenters. The summed E-state index contributed by atoms with van der Waals surface area (Å²) in [7, 11) is 0. The van der Waals surface area contributed by atoms with Crippen LogP contribution < -0.4 is 4.90 Å². The van der Waals surface area contributed by atoms with Gasteiger partial charge in [-0.15, -0.1) is 0 Å². The Morgan fingerprint density at radius 1 is 1.05 bits per heavy atom. The Hall–Kier alpha value is -2.71. The summed E-state index contributed by atoms with van der Waals surface area (Å²) in [5.41, 5.74) is -2.97. The second kappa shape index (κ2) is 11.8.